The van der Waals surface area contributed by atoms with Crippen molar-refractivity contribution in [1.82, 2.24) is 19.3 Å². The summed E-state index contributed by atoms with van der Waals surface area (Å²) in [5, 5.41) is 2.21. The van der Waals surface area contributed by atoms with Gasteiger partial charge in [0.15, 0.2) is 5.82 Å². The van der Waals surface area contributed by atoms with Crippen LogP contribution in [0.5, 0.6) is 0 Å². The second-order valence-corrected chi connectivity index (χ2v) is 8.66. The molecule has 0 unspecified atom stereocenters. The van der Waals surface area contributed by atoms with E-state index in [0.29, 0.717) is 30.8 Å². The van der Waals surface area contributed by atoms with Crippen LogP contribution in [0.25, 0.3) is 28.0 Å². The molecule has 0 saturated heterocycles. The zero-order valence-corrected chi connectivity index (χ0v) is 17.2. The van der Waals surface area contributed by atoms with Crippen molar-refractivity contribution in [1.29, 1.82) is 0 Å². The van der Waals surface area contributed by atoms with E-state index in [0.717, 1.165) is 28.4 Å². The van der Waals surface area contributed by atoms with E-state index in [1.54, 1.807) is 12.4 Å². The van der Waals surface area contributed by atoms with Crippen molar-refractivity contribution < 1.29 is 8.42 Å². The highest BCUT2D eigenvalue weighted by atomic mass is 32.2. The third-order valence-corrected chi connectivity index (χ3v) is 5.95. The van der Waals surface area contributed by atoms with Gasteiger partial charge in [-0.2, -0.15) is 0 Å². The Labute approximate surface area is 175 Å². The zero-order chi connectivity index (χ0) is 21.0. The van der Waals surface area contributed by atoms with E-state index >= 15 is 0 Å². The number of imidazole rings is 1. The molecule has 0 amide bonds. The van der Waals surface area contributed by atoms with Gasteiger partial charge in [-0.3, -0.25) is 0 Å². The molecule has 0 bridgehead atoms. The summed E-state index contributed by atoms with van der Waals surface area (Å²) < 4.78 is 28.9. The summed E-state index contributed by atoms with van der Waals surface area (Å²) in [4.78, 5) is 8.83. The van der Waals surface area contributed by atoms with Crippen molar-refractivity contribution in [2.75, 3.05) is 12.3 Å². The number of fused-ring (bicyclic) bond motifs is 3. The van der Waals surface area contributed by atoms with Crippen LogP contribution in [0.1, 0.15) is 18.4 Å². The van der Waals surface area contributed by atoms with Crippen LogP contribution in [0.3, 0.4) is 0 Å². The molecule has 0 aliphatic heterocycles. The second-order valence-electron chi connectivity index (χ2n) is 7.01. The number of aryl methyl sites for hydroxylation is 1. The third kappa shape index (κ3) is 4.50. The van der Waals surface area contributed by atoms with Gasteiger partial charge < -0.3 is 10.3 Å². The van der Waals surface area contributed by atoms with Crippen LogP contribution in [0.15, 0.2) is 66.3 Å². The van der Waals surface area contributed by atoms with Crippen molar-refractivity contribution in [2.45, 2.75) is 19.4 Å². The number of nitrogen functional groups attached to an aromatic ring is 1. The van der Waals surface area contributed by atoms with Gasteiger partial charge in [0.05, 0.1) is 17.4 Å². The largest absolute Gasteiger partial charge is 0.382 e. The number of unbranched alkanes of at least 4 members (excludes halogenated alkanes) is 1. The lowest BCUT2D eigenvalue weighted by molar-refractivity contribution is 0.576. The molecular formula is C22H23N5O2S. The first-order valence-electron chi connectivity index (χ1n) is 9.75. The molecule has 4 rings (SSSR count). The van der Waals surface area contributed by atoms with E-state index in [2.05, 4.69) is 19.3 Å². The van der Waals surface area contributed by atoms with Crippen molar-refractivity contribution in [3.8, 4) is 0 Å². The average molecular weight is 422 g/mol. The van der Waals surface area contributed by atoms with Crippen LogP contribution in [0.2, 0.25) is 0 Å². The Kier molecular flexibility index (Phi) is 5.78. The number of nitrogens with one attached hydrogen (secondary N) is 1. The predicted octanol–water partition coefficient (Wildman–Crippen LogP) is 3.54. The number of pyridine rings is 1. The lowest BCUT2D eigenvalue weighted by Crippen LogP contribution is -2.22. The van der Waals surface area contributed by atoms with Crippen LogP contribution in [-0.2, 0) is 16.6 Å². The Morgan fingerprint density at radius 3 is 2.63 bits per heavy atom. The fourth-order valence-electron chi connectivity index (χ4n) is 3.38. The van der Waals surface area contributed by atoms with Gasteiger partial charge in [-0.25, -0.2) is 23.1 Å². The highest BCUT2D eigenvalue weighted by Crippen LogP contribution is 2.27. The monoisotopic (exact) mass is 421 g/mol. The maximum Gasteiger partial charge on any atom is 0.233 e. The van der Waals surface area contributed by atoms with Gasteiger partial charge in [0.2, 0.25) is 10.0 Å². The first kappa shape index (κ1) is 20.1. The normalized spacial score (nSPS) is 12.3. The highest BCUT2D eigenvalue weighted by molar-refractivity contribution is 7.92. The fraction of sp³-hybridized carbons (Fsp3) is 0.182. The number of benzene rings is 2. The Morgan fingerprint density at radius 2 is 1.80 bits per heavy atom. The van der Waals surface area contributed by atoms with Crippen LogP contribution < -0.4 is 10.5 Å². The quantitative estimate of drug-likeness (QED) is 0.424. The van der Waals surface area contributed by atoms with Gasteiger partial charge in [0.1, 0.15) is 5.52 Å². The van der Waals surface area contributed by atoms with Crippen molar-refractivity contribution in [3.63, 3.8) is 0 Å². The molecule has 30 heavy (non-hydrogen) atoms. The molecule has 3 N–H and O–H groups in total. The summed E-state index contributed by atoms with van der Waals surface area (Å²) in [6.45, 7) is 1.09. The van der Waals surface area contributed by atoms with Gasteiger partial charge >= 0.3 is 0 Å². The Morgan fingerprint density at radius 1 is 1.03 bits per heavy atom. The van der Waals surface area contributed by atoms with Gasteiger partial charge in [0.25, 0.3) is 0 Å². The number of hydrogen-bond acceptors (Lipinski definition) is 5. The number of sulfonamides is 1. The van der Waals surface area contributed by atoms with E-state index in [1.165, 1.54) is 5.41 Å². The first-order chi connectivity index (χ1) is 14.5. The molecule has 0 aliphatic rings. The molecule has 0 aliphatic carbocycles. The molecular weight excluding hydrogens is 398 g/mol. The van der Waals surface area contributed by atoms with Crippen molar-refractivity contribution in [3.05, 3.63) is 71.9 Å². The molecule has 8 heteroatoms. The standard InChI is InChI=1S/C22H23N5O2S/c23-22-20-21(18-10-4-5-11-19(18)26-22)27(16-24-20)14-7-6-13-25-30(28,29)15-12-17-8-2-1-3-9-17/h1-5,8-12,15-16,25H,6-7,13-14H2,(H2,23,26)/b15-12+. The lowest BCUT2D eigenvalue weighted by atomic mass is 10.2. The molecule has 0 spiro atoms. The van der Waals surface area contributed by atoms with Crippen LogP contribution in [0, 0.1) is 0 Å². The number of rotatable bonds is 8. The number of aromatic nitrogens is 3. The number of anilines is 1. The van der Waals surface area contributed by atoms with Gasteiger partial charge in [-0.15, -0.1) is 0 Å². The van der Waals surface area contributed by atoms with Gasteiger partial charge in [-0.1, -0.05) is 48.5 Å². The molecule has 154 valence electrons. The molecule has 4 aromatic rings. The van der Waals surface area contributed by atoms with E-state index in [-0.39, 0.29) is 0 Å². The van der Waals surface area contributed by atoms with Gasteiger partial charge in [0, 0.05) is 23.9 Å². The maximum atomic E-state index is 12.1. The number of hydrogen-bond donors (Lipinski definition) is 2. The number of nitrogens with zero attached hydrogens (tertiary/aromatic N) is 3. The van der Waals surface area contributed by atoms with Crippen LogP contribution >= 0.6 is 0 Å². The summed E-state index contributed by atoms with van der Waals surface area (Å²) >= 11 is 0. The second kappa shape index (κ2) is 8.64. The Balaban J connectivity index is 1.36. The molecule has 2 heterocycles. The SMILES string of the molecule is Nc1nc2ccccc2c2c1ncn2CCCCNS(=O)(=O)/C=C/c1ccccc1. The molecule has 0 saturated carbocycles. The summed E-state index contributed by atoms with van der Waals surface area (Å²) in [7, 11) is -3.46. The molecule has 0 atom stereocenters. The van der Waals surface area contributed by atoms with Crippen LogP contribution in [-0.4, -0.2) is 29.5 Å². The average Bonchev–Trinajstić information content (AvgIpc) is 3.18. The van der Waals surface area contributed by atoms with E-state index in [1.807, 2.05) is 54.6 Å². The summed E-state index contributed by atoms with van der Waals surface area (Å²) in [5.74, 6) is 0.417. The minimum Gasteiger partial charge on any atom is -0.382 e. The minimum absolute atomic E-state index is 0.374. The Hall–Kier alpha value is -3.23. The maximum absolute atomic E-state index is 12.1. The van der Waals surface area contributed by atoms with Crippen molar-refractivity contribution in [2.24, 2.45) is 0 Å². The highest BCUT2D eigenvalue weighted by Gasteiger charge is 2.12. The molecule has 2 aromatic heterocycles. The minimum atomic E-state index is -3.46. The number of para-hydroxylation sites is 1. The van der Waals surface area contributed by atoms with E-state index < -0.39 is 10.0 Å². The predicted molar refractivity (Wildman–Crippen MR) is 121 cm³/mol. The third-order valence-electron chi connectivity index (χ3n) is 4.85. The molecule has 0 radical (unpaired) electrons. The molecule has 2 aromatic carbocycles. The van der Waals surface area contributed by atoms with E-state index in [9.17, 15) is 8.42 Å². The molecule has 7 nitrogen and oxygen atoms in total. The van der Waals surface area contributed by atoms with E-state index in [4.69, 9.17) is 5.73 Å². The summed E-state index contributed by atoms with van der Waals surface area (Å²) in [6.07, 6.45) is 4.86. The number of nitrogens with two attached hydrogens (primary N) is 1. The lowest BCUT2D eigenvalue weighted by Gasteiger charge is -2.08. The first-order valence-corrected chi connectivity index (χ1v) is 11.3. The smallest absolute Gasteiger partial charge is 0.233 e. The fourth-order valence-corrected chi connectivity index (χ4v) is 4.24. The van der Waals surface area contributed by atoms with Crippen molar-refractivity contribution >= 4 is 43.9 Å². The van der Waals surface area contributed by atoms with Crippen LogP contribution in [0.4, 0.5) is 5.82 Å². The Bertz CT molecular complexity index is 1300. The topological polar surface area (TPSA) is 103 Å². The summed E-state index contributed by atoms with van der Waals surface area (Å²) in [6, 6.07) is 17.2. The molecule has 0 fully saturated rings. The zero-order valence-electron chi connectivity index (χ0n) is 16.4. The summed E-state index contributed by atoms with van der Waals surface area (Å²) in [5.41, 5.74) is 9.40. The van der Waals surface area contributed by atoms with Gasteiger partial charge in [-0.05, 0) is 30.5 Å².